The van der Waals surface area contributed by atoms with E-state index in [0.717, 1.165) is 10.0 Å². The zero-order valence-corrected chi connectivity index (χ0v) is 12.2. The number of anilines is 2. The van der Waals surface area contributed by atoms with Gasteiger partial charge in [-0.25, -0.2) is 9.78 Å². The lowest BCUT2D eigenvalue weighted by atomic mass is 10.2. The first-order chi connectivity index (χ1) is 9.58. The molecule has 0 unspecified atom stereocenters. The lowest BCUT2D eigenvalue weighted by Gasteiger charge is -2.08. The normalized spacial score (nSPS) is 9.65. The van der Waals surface area contributed by atoms with E-state index in [-0.39, 0.29) is 6.03 Å². The maximum atomic E-state index is 11.8. The van der Waals surface area contributed by atoms with Gasteiger partial charge in [-0.3, -0.25) is 5.32 Å². The summed E-state index contributed by atoms with van der Waals surface area (Å²) >= 11 is 3.35. The predicted octanol–water partition coefficient (Wildman–Crippen LogP) is 3.67. The number of aryl methyl sites for hydroxylation is 1. The first kappa shape index (κ1) is 14.0. The summed E-state index contributed by atoms with van der Waals surface area (Å²) in [6.07, 6.45) is 1.63. The van der Waals surface area contributed by atoms with Crippen molar-refractivity contribution >= 4 is 33.5 Å². The summed E-state index contributed by atoms with van der Waals surface area (Å²) in [7, 11) is 0. The average Bonchev–Trinajstić information content (AvgIpc) is 2.44. The number of urea groups is 1. The fourth-order valence-electron chi connectivity index (χ4n) is 1.51. The Morgan fingerprint density at radius 1 is 1.30 bits per heavy atom. The Bertz CT molecular complexity index is 677. The summed E-state index contributed by atoms with van der Waals surface area (Å²) in [6.45, 7) is 1.91. The number of hydrogen-bond donors (Lipinski definition) is 2. The molecule has 0 aliphatic carbocycles. The number of nitriles is 1. The van der Waals surface area contributed by atoms with Crippen LogP contribution in [-0.2, 0) is 0 Å². The third-order valence-corrected chi connectivity index (χ3v) is 3.39. The Hall–Kier alpha value is -2.39. The van der Waals surface area contributed by atoms with Crippen molar-refractivity contribution in [2.24, 2.45) is 0 Å². The predicted molar refractivity (Wildman–Crippen MR) is 80.5 cm³/mol. The molecule has 0 saturated heterocycles. The minimum absolute atomic E-state index is 0.385. The van der Waals surface area contributed by atoms with Gasteiger partial charge < -0.3 is 5.32 Å². The second-order valence-corrected chi connectivity index (χ2v) is 4.94. The molecule has 0 saturated carbocycles. The Balaban J connectivity index is 2.01. The van der Waals surface area contributed by atoms with E-state index in [1.807, 2.05) is 13.0 Å². The van der Waals surface area contributed by atoms with Crippen molar-refractivity contribution in [1.29, 1.82) is 5.26 Å². The number of halogens is 1. The number of carbonyl (C=O) groups is 1. The number of carbonyl (C=O) groups excluding carboxylic acids is 1. The van der Waals surface area contributed by atoms with Crippen LogP contribution in [0.5, 0.6) is 0 Å². The van der Waals surface area contributed by atoms with Crippen LogP contribution in [0.3, 0.4) is 0 Å². The molecule has 1 heterocycles. The van der Waals surface area contributed by atoms with E-state index >= 15 is 0 Å². The van der Waals surface area contributed by atoms with Crippen LogP contribution in [0.25, 0.3) is 0 Å². The molecule has 0 fully saturated rings. The van der Waals surface area contributed by atoms with Crippen molar-refractivity contribution in [1.82, 2.24) is 4.98 Å². The molecule has 6 heteroatoms. The highest BCUT2D eigenvalue weighted by molar-refractivity contribution is 9.10. The van der Waals surface area contributed by atoms with Gasteiger partial charge in [0.25, 0.3) is 0 Å². The molecule has 0 atom stereocenters. The molecule has 0 aliphatic rings. The highest BCUT2D eigenvalue weighted by Gasteiger charge is 2.05. The van der Waals surface area contributed by atoms with Gasteiger partial charge in [0.2, 0.25) is 0 Å². The van der Waals surface area contributed by atoms with Crippen molar-refractivity contribution in [3.05, 3.63) is 52.1 Å². The van der Waals surface area contributed by atoms with Gasteiger partial charge in [-0.15, -0.1) is 0 Å². The summed E-state index contributed by atoms with van der Waals surface area (Å²) in [6, 6.07) is 10.0. The maximum Gasteiger partial charge on any atom is 0.324 e. The maximum absolute atomic E-state index is 11.8. The molecule has 0 bridgehead atoms. The van der Waals surface area contributed by atoms with E-state index < -0.39 is 0 Å². The molecule has 20 heavy (non-hydrogen) atoms. The van der Waals surface area contributed by atoms with Crippen LogP contribution in [0, 0.1) is 18.3 Å². The molecular formula is C14H11BrN4O. The third-order valence-electron chi connectivity index (χ3n) is 2.56. The molecule has 2 N–H and O–H groups in total. The molecule has 0 radical (unpaired) electrons. The monoisotopic (exact) mass is 330 g/mol. The van der Waals surface area contributed by atoms with E-state index in [2.05, 4.69) is 31.5 Å². The zero-order chi connectivity index (χ0) is 14.5. The molecule has 1 aromatic heterocycles. The number of benzene rings is 1. The van der Waals surface area contributed by atoms with Crippen molar-refractivity contribution in [2.45, 2.75) is 6.92 Å². The topological polar surface area (TPSA) is 77.8 Å². The van der Waals surface area contributed by atoms with Gasteiger partial charge >= 0.3 is 6.03 Å². The first-order valence-corrected chi connectivity index (χ1v) is 6.58. The Morgan fingerprint density at radius 2 is 2.00 bits per heavy atom. The fourth-order valence-corrected chi connectivity index (χ4v) is 1.73. The van der Waals surface area contributed by atoms with Gasteiger partial charge in [-0.2, -0.15) is 5.26 Å². The lowest BCUT2D eigenvalue weighted by molar-refractivity contribution is 0.262. The van der Waals surface area contributed by atoms with Gasteiger partial charge in [-0.1, -0.05) is 0 Å². The van der Waals surface area contributed by atoms with E-state index in [1.54, 1.807) is 36.5 Å². The van der Waals surface area contributed by atoms with Gasteiger partial charge in [0.1, 0.15) is 5.82 Å². The highest BCUT2D eigenvalue weighted by Crippen LogP contribution is 2.17. The van der Waals surface area contributed by atoms with Gasteiger partial charge in [0, 0.05) is 16.4 Å². The lowest BCUT2D eigenvalue weighted by Crippen LogP contribution is -2.20. The second kappa shape index (κ2) is 6.17. The van der Waals surface area contributed by atoms with Crippen LogP contribution < -0.4 is 10.6 Å². The summed E-state index contributed by atoms with van der Waals surface area (Å²) in [4.78, 5) is 15.9. The van der Waals surface area contributed by atoms with Gasteiger partial charge in [0.15, 0.2) is 0 Å². The molecule has 0 aliphatic heterocycles. The quantitative estimate of drug-likeness (QED) is 0.881. The number of amides is 2. The molecule has 1 aromatic carbocycles. The second-order valence-electron chi connectivity index (χ2n) is 4.09. The van der Waals surface area contributed by atoms with E-state index in [0.29, 0.717) is 17.1 Å². The summed E-state index contributed by atoms with van der Waals surface area (Å²) in [5.41, 5.74) is 2.13. The molecule has 2 rings (SSSR count). The Kier molecular flexibility index (Phi) is 4.33. The average molecular weight is 331 g/mol. The van der Waals surface area contributed by atoms with Crippen molar-refractivity contribution < 1.29 is 4.79 Å². The van der Waals surface area contributed by atoms with E-state index in [1.165, 1.54) is 0 Å². The van der Waals surface area contributed by atoms with Crippen LogP contribution in [0.4, 0.5) is 16.3 Å². The SMILES string of the molecule is Cc1cc(NC(=O)Nc2ccc(C#N)cc2)ncc1Br. The van der Waals surface area contributed by atoms with Crippen LogP contribution in [0.15, 0.2) is 41.0 Å². The minimum atomic E-state index is -0.385. The van der Waals surface area contributed by atoms with Crippen molar-refractivity contribution in [3.8, 4) is 6.07 Å². The summed E-state index contributed by atoms with van der Waals surface area (Å²) in [5, 5.41) is 14.0. The number of hydrogen-bond acceptors (Lipinski definition) is 3. The Morgan fingerprint density at radius 3 is 2.60 bits per heavy atom. The summed E-state index contributed by atoms with van der Waals surface area (Å²) in [5.74, 6) is 0.469. The number of aromatic nitrogens is 1. The van der Waals surface area contributed by atoms with Crippen LogP contribution >= 0.6 is 15.9 Å². The number of pyridine rings is 1. The largest absolute Gasteiger partial charge is 0.324 e. The smallest absolute Gasteiger partial charge is 0.308 e. The van der Waals surface area contributed by atoms with Crippen LogP contribution in [0.1, 0.15) is 11.1 Å². The van der Waals surface area contributed by atoms with Crippen LogP contribution in [-0.4, -0.2) is 11.0 Å². The number of rotatable bonds is 2. The van der Waals surface area contributed by atoms with Gasteiger partial charge in [0.05, 0.1) is 11.6 Å². The minimum Gasteiger partial charge on any atom is -0.308 e. The standard InChI is InChI=1S/C14H11BrN4O/c1-9-6-13(17-8-12(9)15)19-14(20)18-11-4-2-10(7-16)3-5-11/h2-6,8H,1H3,(H2,17,18,19,20). The van der Waals surface area contributed by atoms with Gasteiger partial charge in [-0.05, 0) is 58.7 Å². The van der Waals surface area contributed by atoms with E-state index in [9.17, 15) is 4.79 Å². The van der Waals surface area contributed by atoms with Crippen molar-refractivity contribution in [3.63, 3.8) is 0 Å². The molecule has 0 spiro atoms. The van der Waals surface area contributed by atoms with Crippen LogP contribution in [0.2, 0.25) is 0 Å². The highest BCUT2D eigenvalue weighted by atomic mass is 79.9. The Labute approximate surface area is 124 Å². The molecule has 2 amide bonds. The fraction of sp³-hybridized carbons (Fsp3) is 0.0714. The number of nitrogens with one attached hydrogen (secondary N) is 2. The molecule has 5 nitrogen and oxygen atoms in total. The molecule has 100 valence electrons. The molecular weight excluding hydrogens is 320 g/mol. The van der Waals surface area contributed by atoms with E-state index in [4.69, 9.17) is 5.26 Å². The van der Waals surface area contributed by atoms with Crippen molar-refractivity contribution in [2.75, 3.05) is 10.6 Å². The third kappa shape index (κ3) is 3.56. The molecule has 2 aromatic rings. The summed E-state index contributed by atoms with van der Waals surface area (Å²) < 4.78 is 0.885. The first-order valence-electron chi connectivity index (χ1n) is 5.79. The number of nitrogens with zero attached hydrogens (tertiary/aromatic N) is 2. The zero-order valence-electron chi connectivity index (χ0n) is 10.6.